The molecule has 1 nitrogen and oxygen atoms in total. The highest BCUT2D eigenvalue weighted by Crippen LogP contribution is 2.23. The Morgan fingerprint density at radius 1 is 1.23 bits per heavy atom. The van der Waals surface area contributed by atoms with Crippen molar-refractivity contribution < 1.29 is 0 Å². The van der Waals surface area contributed by atoms with Crippen LogP contribution in [0.25, 0.3) is 0 Å². The summed E-state index contributed by atoms with van der Waals surface area (Å²) in [6.45, 7) is 4.37. The van der Waals surface area contributed by atoms with E-state index in [-0.39, 0.29) is 0 Å². The van der Waals surface area contributed by atoms with Crippen LogP contribution in [0.15, 0.2) is 24.3 Å². The highest BCUT2D eigenvalue weighted by molar-refractivity contribution is 5.23. The molecule has 0 aliphatic heterocycles. The van der Waals surface area contributed by atoms with Gasteiger partial charge in [-0.2, -0.15) is 0 Å². The quantitative estimate of drug-likeness (QED) is 0.745. The smallest absolute Gasteiger partial charge is 0.0294 e. The third kappa shape index (κ3) is 2.31. The fourth-order valence-electron chi connectivity index (χ4n) is 1.55. The zero-order valence-electron chi connectivity index (χ0n) is 8.38. The minimum atomic E-state index is 0.507. The number of aryl methyl sites for hydroxylation is 1. The lowest BCUT2D eigenvalue weighted by molar-refractivity contribution is 0.571. The first-order valence-corrected chi connectivity index (χ1v) is 5.08. The van der Waals surface area contributed by atoms with Crippen LogP contribution in [-0.2, 0) is 0 Å². The van der Waals surface area contributed by atoms with Crippen LogP contribution in [-0.4, -0.2) is 6.04 Å². The van der Waals surface area contributed by atoms with Gasteiger partial charge < -0.3 is 5.32 Å². The summed E-state index contributed by atoms with van der Waals surface area (Å²) in [5.41, 5.74) is 2.74. The lowest BCUT2D eigenvalue weighted by Gasteiger charge is -2.13. The average molecular weight is 175 g/mol. The first-order chi connectivity index (χ1) is 6.25. The molecule has 1 unspecified atom stereocenters. The summed E-state index contributed by atoms with van der Waals surface area (Å²) in [4.78, 5) is 0. The molecular weight excluding hydrogens is 158 g/mol. The Morgan fingerprint density at radius 3 is 2.38 bits per heavy atom. The molecule has 1 aliphatic carbocycles. The van der Waals surface area contributed by atoms with Crippen LogP contribution >= 0.6 is 0 Å². The van der Waals surface area contributed by atoms with E-state index in [1.807, 2.05) is 0 Å². The van der Waals surface area contributed by atoms with E-state index in [0.29, 0.717) is 6.04 Å². The second-order valence-corrected chi connectivity index (χ2v) is 4.07. The predicted molar refractivity (Wildman–Crippen MR) is 55.8 cm³/mol. The fourth-order valence-corrected chi connectivity index (χ4v) is 1.55. The molecule has 0 radical (unpaired) electrons. The topological polar surface area (TPSA) is 12.0 Å². The molecule has 70 valence electrons. The van der Waals surface area contributed by atoms with Crippen molar-refractivity contribution in [2.24, 2.45) is 0 Å². The Bertz CT molecular complexity index is 272. The summed E-state index contributed by atoms with van der Waals surface area (Å²) >= 11 is 0. The molecule has 0 amide bonds. The summed E-state index contributed by atoms with van der Waals surface area (Å²) in [5, 5.41) is 3.59. The van der Waals surface area contributed by atoms with Gasteiger partial charge in [-0.3, -0.25) is 0 Å². The molecule has 0 saturated heterocycles. The maximum absolute atomic E-state index is 3.59. The van der Waals surface area contributed by atoms with Gasteiger partial charge in [-0.15, -0.1) is 0 Å². The van der Waals surface area contributed by atoms with Crippen LogP contribution in [0.1, 0.15) is 36.9 Å². The van der Waals surface area contributed by atoms with Crippen LogP contribution in [0, 0.1) is 6.92 Å². The van der Waals surface area contributed by atoms with Gasteiger partial charge in [0.2, 0.25) is 0 Å². The number of hydrogen-bond acceptors (Lipinski definition) is 1. The van der Waals surface area contributed by atoms with E-state index < -0.39 is 0 Å². The molecule has 1 atom stereocenters. The molecule has 1 fully saturated rings. The zero-order chi connectivity index (χ0) is 9.26. The fraction of sp³-hybridized carbons (Fsp3) is 0.500. The first kappa shape index (κ1) is 8.76. The van der Waals surface area contributed by atoms with Crippen molar-refractivity contribution in [2.45, 2.75) is 38.8 Å². The van der Waals surface area contributed by atoms with Crippen molar-refractivity contribution >= 4 is 0 Å². The second kappa shape index (κ2) is 3.51. The number of nitrogens with one attached hydrogen (secondary N) is 1. The van der Waals surface area contributed by atoms with Gasteiger partial charge in [0.1, 0.15) is 0 Å². The van der Waals surface area contributed by atoms with Gasteiger partial charge >= 0.3 is 0 Å². The molecule has 0 spiro atoms. The normalized spacial score (nSPS) is 18.6. The summed E-state index contributed by atoms with van der Waals surface area (Å²) < 4.78 is 0. The molecule has 1 aromatic carbocycles. The van der Waals surface area contributed by atoms with Crippen LogP contribution in [0.2, 0.25) is 0 Å². The van der Waals surface area contributed by atoms with Crippen molar-refractivity contribution in [3.8, 4) is 0 Å². The summed E-state index contributed by atoms with van der Waals surface area (Å²) in [5.74, 6) is 0. The zero-order valence-corrected chi connectivity index (χ0v) is 8.38. The maximum Gasteiger partial charge on any atom is 0.0294 e. The minimum absolute atomic E-state index is 0.507. The Kier molecular flexibility index (Phi) is 2.36. The highest BCUT2D eigenvalue weighted by Gasteiger charge is 2.22. The largest absolute Gasteiger partial charge is 0.307 e. The molecule has 1 heteroatoms. The minimum Gasteiger partial charge on any atom is -0.307 e. The lowest BCUT2D eigenvalue weighted by atomic mass is 10.1. The molecule has 2 rings (SSSR count). The number of rotatable bonds is 3. The van der Waals surface area contributed by atoms with E-state index in [4.69, 9.17) is 0 Å². The summed E-state index contributed by atoms with van der Waals surface area (Å²) in [7, 11) is 0. The number of benzene rings is 1. The molecular formula is C12H17N. The standard InChI is InChI=1S/C12H17N/c1-9-3-5-11(6-4-9)10(2)13-12-7-8-12/h3-6,10,12-13H,7-8H2,1-2H3. The van der Waals surface area contributed by atoms with Crippen LogP contribution in [0.5, 0.6) is 0 Å². The monoisotopic (exact) mass is 175 g/mol. The molecule has 1 aliphatic rings. The molecule has 0 bridgehead atoms. The first-order valence-electron chi connectivity index (χ1n) is 5.08. The van der Waals surface area contributed by atoms with Gasteiger partial charge in [-0.1, -0.05) is 29.8 Å². The second-order valence-electron chi connectivity index (χ2n) is 4.07. The maximum atomic E-state index is 3.59. The molecule has 1 N–H and O–H groups in total. The van der Waals surface area contributed by atoms with E-state index >= 15 is 0 Å². The third-order valence-electron chi connectivity index (χ3n) is 2.64. The van der Waals surface area contributed by atoms with E-state index in [1.165, 1.54) is 24.0 Å². The van der Waals surface area contributed by atoms with E-state index in [9.17, 15) is 0 Å². The molecule has 0 aromatic heterocycles. The molecule has 1 saturated carbocycles. The molecule has 0 heterocycles. The average Bonchev–Trinajstić information content (AvgIpc) is 2.89. The van der Waals surface area contributed by atoms with Gasteiger partial charge in [0.05, 0.1) is 0 Å². The summed E-state index contributed by atoms with van der Waals surface area (Å²) in [6.07, 6.45) is 2.71. The Morgan fingerprint density at radius 2 is 1.85 bits per heavy atom. The van der Waals surface area contributed by atoms with E-state index in [1.54, 1.807) is 0 Å². The van der Waals surface area contributed by atoms with Crippen LogP contribution in [0.3, 0.4) is 0 Å². The summed E-state index contributed by atoms with van der Waals surface area (Å²) in [6, 6.07) is 10.1. The SMILES string of the molecule is Cc1ccc(C(C)NC2CC2)cc1. The Hall–Kier alpha value is -0.820. The number of hydrogen-bond donors (Lipinski definition) is 1. The predicted octanol–water partition coefficient (Wildman–Crippen LogP) is 2.81. The Balaban J connectivity index is 2.01. The van der Waals surface area contributed by atoms with Crippen molar-refractivity contribution in [3.05, 3.63) is 35.4 Å². The van der Waals surface area contributed by atoms with Crippen molar-refractivity contribution in [3.63, 3.8) is 0 Å². The van der Waals surface area contributed by atoms with Crippen molar-refractivity contribution in [1.82, 2.24) is 5.32 Å². The van der Waals surface area contributed by atoms with Crippen LogP contribution < -0.4 is 5.32 Å². The van der Waals surface area contributed by atoms with Gasteiger partial charge in [0.15, 0.2) is 0 Å². The molecule has 13 heavy (non-hydrogen) atoms. The van der Waals surface area contributed by atoms with Gasteiger partial charge in [-0.25, -0.2) is 0 Å². The van der Waals surface area contributed by atoms with Gasteiger partial charge in [0.25, 0.3) is 0 Å². The van der Waals surface area contributed by atoms with Crippen molar-refractivity contribution in [2.75, 3.05) is 0 Å². The van der Waals surface area contributed by atoms with Crippen molar-refractivity contribution in [1.29, 1.82) is 0 Å². The van der Waals surface area contributed by atoms with Gasteiger partial charge in [0, 0.05) is 12.1 Å². The highest BCUT2D eigenvalue weighted by atomic mass is 15.0. The third-order valence-corrected chi connectivity index (χ3v) is 2.64. The van der Waals surface area contributed by atoms with E-state index in [0.717, 1.165) is 6.04 Å². The molecule has 1 aromatic rings. The van der Waals surface area contributed by atoms with Gasteiger partial charge in [-0.05, 0) is 32.3 Å². The lowest BCUT2D eigenvalue weighted by Crippen LogP contribution is -2.20. The van der Waals surface area contributed by atoms with Crippen LogP contribution in [0.4, 0.5) is 0 Å². The Labute approximate surface area is 80.2 Å². The van der Waals surface area contributed by atoms with E-state index in [2.05, 4.69) is 43.4 Å².